The second kappa shape index (κ2) is 5.33. The van der Waals surface area contributed by atoms with Crippen molar-refractivity contribution in [3.63, 3.8) is 0 Å². The fourth-order valence-electron chi connectivity index (χ4n) is 2.71. The van der Waals surface area contributed by atoms with Crippen molar-refractivity contribution in [2.24, 2.45) is 5.73 Å². The third-order valence-corrected chi connectivity index (χ3v) is 3.91. The molecule has 0 aliphatic heterocycles. The van der Waals surface area contributed by atoms with Crippen LogP contribution in [0.25, 0.3) is 16.4 Å². The SMILES string of the molecule is NCc1ccc2nc(Cn3ccc4ccncc4c3=O)cn2c1. The van der Waals surface area contributed by atoms with E-state index in [-0.39, 0.29) is 5.56 Å². The zero-order chi connectivity index (χ0) is 15.8. The summed E-state index contributed by atoms with van der Waals surface area (Å²) >= 11 is 0. The molecule has 0 aromatic carbocycles. The van der Waals surface area contributed by atoms with Crippen molar-refractivity contribution in [2.45, 2.75) is 13.1 Å². The van der Waals surface area contributed by atoms with Gasteiger partial charge in [0.15, 0.2) is 0 Å². The molecule has 6 nitrogen and oxygen atoms in total. The highest BCUT2D eigenvalue weighted by atomic mass is 16.1. The number of rotatable bonds is 3. The van der Waals surface area contributed by atoms with Gasteiger partial charge in [-0.15, -0.1) is 0 Å². The number of pyridine rings is 3. The highest BCUT2D eigenvalue weighted by molar-refractivity contribution is 5.80. The highest BCUT2D eigenvalue weighted by Crippen LogP contribution is 2.10. The molecule has 4 heterocycles. The molecule has 0 bridgehead atoms. The minimum absolute atomic E-state index is 0.0599. The summed E-state index contributed by atoms with van der Waals surface area (Å²) in [4.78, 5) is 21.1. The van der Waals surface area contributed by atoms with E-state index < -0.39 is 0 Å². The maximum absolute atomic E-state index is 12.5. The van der Waals surface area contributed by atoms with Gasteiger partial charge in [0.25, 0.3) is 5.56 Å². The Kier molecular flexibility index (Phi) is 3.17. The van der Waals surface area contributed by atoms with E-state index in [0.29, 0.717) is 18.5 Å². The minimum Gasteiger partial charge on any atom is -0.326 e. The molecule has 0 atom stereocenters. The van der Waals surface area contributed by atoms with Crippen molar-refractivity contribution in [1.82, 2.24) is 18.9 Å². The van der Waals surface area contributed by atoms with Gasteiger partial charge in [-0.25, -0.2) is 4.98 Å². The summed E-state index contributed by atoms with van der Waals surface area (Å²) < 4.78 is 3.58. The summed E-state index contributed by atoms with van der Waals surface area (Å²) in [6.45, 7) is 0.907. The normalized spacial score (nSPS) is 11.3. The van der Waals surface area contributed by atoms with Crippen molar-refractivity contribution in [2.75, 3.05) is 0 Å². The van der Waals surface area contributed by atoms with Crippen LogP contribution in [0.4, 0.5) is 0 Å². The number of hydrogen-bond donors (Lipinski definition) is 1. The molecule has 0 aliphatic carbocycles. The summed E-state index contributed by atoms with van der Waals surface area (Å²) in [5.41, 5.74) is 8.30. The van der Waals surface area contributed by atoms with Crippen LogP contribution in [0.15, 0.2) is 60.0 Å². The van der Waals surface area contributed by atoms with Crippen LogP contribution in [0.5, 0.6) is 0 Å². The molecule has 2 N–H and O–H groups in total. The second-order valence-electron chi connectivity index (χ2n) is 5.45. The van der Waals surface area contributed by atoms with Crippen LogP contribution in [0.2, 0.25) is 0 Å². The number of nitrogens with zero attached hydrogens (tertiary/aromatic N) is 4. The highest BCUT2D eigenvalue weighted by Gasteiger charge is 2.07. The number of nitrogens with two attached hydrogens (primary N) is 1. The van der Waals surface area contributed by atoms with Gasteiger partial charge in [-0.3, -0.25) is 9.78 Å². The average molecular weight is 305 g/mol. The fourth-order valence-corrected chi connectivity index (χ4v) is 2.71. The van der Waals surface area contributed by atoms with Crippen LogP contribution in [0, 0.1) is 0 Å². The Bertz CT molecular complexity index is 1060. The topological polar surface area (TPSA) is 78.2 Å². The van der Waals surface area contributed by atoms with E-state index in [4.69, 9.17) is 5.73 Å². The molecule has 0 fully saturated rings. The first-order valence-electron chi connectivity index (χ1n) is 7.34. The molecule has 0 spiro atoms. The van der Waals surface area contributed by atoms with Crippen molar-refractivity contribution < 1.29 is 0 Å². The molecule has 0 saturated carbocycles. The first kappa shape index (κ1) is 13.7. The second-order valence-corrected chi connectivity index (χ2v) is 5.45. The van der Waals surface area contributed by atoms with Gasteiger partial charge in [-0.2, -0.15) is 0 Å². The Balaban J connectivity index is 1.75. The predicted octanol–water partition coefficient (Wildman–Crippen LogP) is 1.55. The Morgan fingerprint density at radius 1 is 1.13 bits per heavy atom. The van der Waals surface area contributed by atoms with Crippen molar-refractivity contribution in [3.05, 3.63) is 76.9 Å². The Morgan fingerprint density at radius 3 is 2.91 bits per heavy atom. The van der Waals surface area contributed by atoms with E-state index in [2.05, 4.69) is 9.97 Å². The molecule has 0 amide bonds. The Morgan fingerprint density at radius 2 is 2.04 bits per heavy atom. The fraction of sp³-hybridized carbons (Fsp3) is 0.118. The van der Waals surface area contributed by atoms with E-state index in [9.17, 15) is 4.79 Å². The van der Waals surface area contributed by atoms with Crippen molar-refractivity contribution in [3.8, 4) is 0 Å². The van der Waals surface area contributed by atoms with Gasteiger partial charge in [0.1, 0.15) is 5.65 Å². The third-order valence-electron chi connectivity index (χ3n) is 3.91. The van der Waals surface area contributed by atoms with Gasteiger partial charge < -0.3 is 14.7 Å². The lowest BCUT2D eigenvalue weighted by Gasteiger charge is -2.04. The summed E-state index contributed by atoms with van der Waals surface area (Å²) in [5.74, 6) is 0. The maximum atomic E-state index is 12.5. The smallest absolute Gasteiger partial charge is 0.260 e. The monoisotopic (exact) mass is 305 g/mol. The lowest BCUT2D eigenvalue weighted by atomic mass is 10.2. The van der Waals surface area contributed by atoms with Crippen LogP contribution >= 0.6 is 0 Å². The molecule has 0 aliphatic rings. The lowest BCUT2D eigenvalue weighted by Crippen LogP contribution is -2.20. The van der Waals surface area contributed by atoms with Gasteiger partial charge in [0.2, 0.25) is 0 Å². The zero-order valence-corrected chi connectivity index (χ0v) is 12.4. The minimum atomic E-state index is -0.0599. The summed E-state index contributed by atoms with van der Waals surface area (Å²) in [7, 11) is 0. The molecule has 4 aromatic heterocycles. The average Bonchev–Trinajstić information content (AvgIpc) is 2.99. The molecule has 23 heavy (non-hydrogen) atoms. The Hall–Kier alpha value is -2.99. The van der Waals surface area contributed by atoms with Gasteiger partial charge in [0, 0.05) is 37.5 Å². The maximum Gasteiger partial charge on any atom is 0.260 e. The number of hydrogen-bond acceptors (Lipinski definition) is 4. The molecule has 4 aromatic rings. The third kappa shape index (κ3) is 2.39. The first-order chi connectivity index (χ1) is 11.2. The summed E-state index contributed by atoms with van der Waals surface area (Å²) in [5, 5.41) is 1.51. The van der Waals surface area contributed by atoms with E-state index in [1.54, 1.807) is 23.2 Å². The van der Waals surface area contributed by atoms with Gasteiger partial charge in [0.05, 0.1) is 17.6 Å². The molecule has 114 valence electrons. The lowest BCUT2D eigenvalue weighted by molar-refractivity contribution is 0.752. The quantitative estimate of drug-likeness (QED) is 0.623. The van der Waals surface area contributed by atoms with Crippen molar-refractivity contribution >= 4 is 16.4 Å². The molecule has 0 unspecified atom stereocenters. The van der Waals surface area contributed by atoms with Crippen LogP contribution in [-0.2, 0) is 13.1 Å². The summed E-state index contributed by atoms with van der Waals surface area (Å²) in [6, 6.07) is 7.64. The summed E-state index contributed by atoms with van der Waals surface area (Å²) in [6.07, 6.45) is 8.96. The van der Waals surface area contributed by atoms with E-state index in [0.717, 1.165) is 22.3 Å². The molecule has 6 heteroatoms. The van der Waals surface area contributed by atoms with Gasteiger partial charge >= 0.3 is 0 Å². The molecule has 0 radical (unpaired) electrons. The molecule has 4 rings (SSSR count). The first-order valence-corrected chi connectivity index (χ1v) is 7.34. The van der Waals surface area contributed by atoms with Crippen LogP contribution in [0.3, 0.4) is 0 Å². The molecular weight excluding hydrogens is 290 g/mol. The predicted molar refractivity (Wildman–Crippen MR) is 88.2 cm³/mol. The standard InChI is InChI=1S/C17H15N5O/c18-7-12-1-2-16-20-14(11-22(16)9-12)10-21-6-4-13-3-5-19-8-15(13)17(21)23/h1-6,8-9,11H,7,10,18H2. The molecular formula is C17H15N5O. The van der Waals surface area contributed by atoms with Crippen LogP contribution in [-0.4, -0.2) is 18.9 Å². The van der Waals surface area contributed by atoms with E-state index in [1.807, 2.05) is 41.1 Å². The molecule has 0 saturated heterocycles. The van der Waals surface area contributed by atoms with Gasteiger partial charge in [-0.1, -0.05) is 6.07 Å². The zero-order valence-electron chi connectivity index (χ0n) is 12.4. The van der Waals surface area contributed by atoms with Crippen LogP contribution in [0.1, 0.15) is 11.3 Å². The van der Waals surface area contributed by atoms with Crippen molar-refractivity contribution in [1.29, 1.82) is 0 Å². The Labute approximate surface area is 131 Å². The largest absolute Gasteiger partial charge is 0.326 e. The number of fused-ring (bicyclic) bond motifs is 2. The van der Waals surface area contributed by atoms with E-state index in [1.165, 1.54) is 0 Å². The number of aromatic nitrogens is 4. The van der Waals surface area contributed by atoms with Crippen LogP contribution < -0.4 is 11.3 Å². The van der Waals surface area contributed by atoms with Gasteiger partial charge in [-0.05, 0) is 29.1 Å². The van der Waals surface area contributed by atoms with E-state index >= 15 is 0 Å². The number of imidazole rings is 1.